The molecule has 0 atom stereocenters. The molecule has 0 aliphatic rings. The van der Waals surface area contributed by atoms with Crippen molar-refractivity contribution < 1.29 is 4.84 Å². The summed E-state index contributed by atoms with van der Waals surface area (Å²) in [6, 6.07) is 12.4. The van der Waals surface area contributed by atoms with Crippen LogP contribution in [0.1, 0.15) is 31.1 Å². The van der Waals surface area contributed by atoms with Gasteiger partial charge < -0.3 is 4.84 Å². The third-order valence-electron chi connectivity index (χ3n) is 3.54. The summed E-state index contributed by atoms with van der Waals surface area (Å²) >= 11 is 1.72. The van der Waals surface area contributed by atoms with Crippen molar-refractivity contribution in [2.45, 2.75) is 26.2 Å². The van der Waals surface area contributed by atoms with Gasteiger partial charge in [-0.3, -0.25) is 4.57 Å². The summed E-state index contributed by atoms with van der Waals surface area (Å²) in [4.78, 5) is 10.6. The number of benzene rings is 1. The smallest absolute Gasteiger partial charge is 0.106 e. The molecule has 3 aromatic rings. The Morgan fingerprint density at radius 2 is 2.14 bits per heavy atom. The van der Waals surface area contributed by atoms with E-state index in [1.165, 1.54) is 0 Å². The molecule has 0 bridgehead atoms. The normalized spacial score (nSPS) is 12.0. The minimum absolute atomic E-state index is 0.939. The molecule has 22 heavy (non-hydrogen) atoms. The van der Waals surface area contributed by atoms with Crippen LogP contribution in [0, 0.1) is 0 Å². The van der Waals surface area contributed by atoms with Crippen LogP contribution in [0.3, 0.4) is 0 Å². The molecule has 0 aliphatic carbocycles. The Balaban J connectivity index is 1.94. The minimum atomic E-state index is 0.939. The standard InChI is InChI=1S/C17H19N3OS/c1-3-4-7-14(19-21-2)16-10-11-17(22-16)20-12-18-13-8-5-6-9-15(13)20/h5-6,8-12H,3-4,7H2,1-2H3/b19-14-. The maximum atomic E-state index is 5.00. The number of imidazole rings is 1. The first kappa shape index (κ1) is 14.8. The topological polar surface area (TPSA) is 39.4 Å². The number of aromatic nitrogens is 2. The highest BCUT2D eigenvalue weighted by Crippen LogP contribution is 2.26. The molecule has 0 unspecified atom stereocenters. The molecule has 0 aliphatic heterocycles. The molecule has 2 heterocycles. The number of hydrogen-bond acceptors (Lipinski definition) is 4. The number of nitrogens with zero attached hydrogens (tertiary/aromatic N) is 3. The minimum Gasteiger partial charge on any atom is -0.399 e. The molecule has 4 nitrogen and oxygen atoms in total. The van der Waals surface area contributed by atoms with E-state index in [4.69, 9.17) is 4.84 Å². The van der Waals surface area contributed by atoms with Crippen LogP contribution in [-0.2, 0) is 4.84 Å². The van der Waals surface area contributed by atoms with E-state index in [1.54, 1.807) is 18.4 Å². The molecule has 3 rings (SSSR count). The Morgan fingerprint density at radius 1 is 1.27 bits per heavy atom. The predicted molar refractivity (Wildman–Crippen MR) is 92.0 cm³/mol. The summed E-state index contributed by atoms with van der Waals surface area (Å²) in [6.07, 6.45) is 5.07. The SMILES string of the molecule is CCCC/C(=N/OC)c1ccc(-n2cnc3ccccc32)s1. The molecule has 0 fully saturated rings. The molecule has 0 spiro atoms. The van der Waals surface area contributed by atoms with Crippen molar-refractivity contribution in [2.75, 3.05) is 7.11 Å². The highest BCUT2D eigenvalue weighted by Gasteiger charge is 2.11. The summed E-state index contributed by atoms with van der Waals surface area (Å²) in [5.74, 6) is 0. The Morgan fingerprint density at radius 3 is 2.95 bits per heavy atom. The van der Waals surface area contributed by atoms with Crippen LogP contribution in [0.15, 0.2) is 47.9 Å². The second-order valence-electron chi connectivity index (χ2n) is 5.07. The molecule has 114 valence electrons. The van der Waals surface area contributed by atoms with Gasteiger partial charge in [0.2, 0.25) is 0 Å². The predicted octanol–water partition coefficient (Wildman–Crippen LogP) is 4.63. The molecule has 0 radical (unpaired) electrons. The highest BCUT2D eigenvalue weighted by molar-refractivity contribution is 7.16. The number of oxime groups is 1. The highest BCUT2D eigenvalue weighted by atomic mass is 32.1. The van der Waals surface area contributed by atoms with Gasteiger partial charge in [-0.2, -0.15) is 0 Å². The monoisotopic (exact) mass is 313 g/mol. The quantitative estimate of drug-likeness (QED) is 0.492. The van der Waals surface area contributed by atoms with Gasteiger partial charge >= 0.3 is 0 Å². The van der Waals surface area contributed by atoms with Crippen LogP contribution in [0.4, 0.5) is 0 Å². The van der Waals surface area contributed by atoms with E-state index in [0.717, 1.165) is 45.9 Å². The fraction of sp³-hybridized carbons (Fsp3) is 0.294. The van der Waals surface area contributed by atoms with Gasteiger partial charge in [-0.05, 0) is 37.1 Å². The summed E-state index contributed by atoms with van der Waals surface area (Å²) in [7, 11) is 1.60. The van der Waals surface area contributed by atoms with Gasteiger partial charge in [0.05, 0.1) is 21.6 Å². The van der Waals surface area contributed by atoms with Crippen molar-refractivity contribution >= 4 is 28.1 Å². The number of unbranched alkanes of at least 4 members (excludes halogenated alkanes) is 1. The first-order valence-electron chi connectivity index (χ1n) is 7.46. The van der Waals surface area contributed by atoms with Crippen LogP contribution >= 0.6 is 11.3 Å². The lowest BCUT2D eigenvalue weighted by Crippen LogP contribution is -1.98. The van der Waals surface area contributed by atoms with Gasteiger partial charge in [-0.15, -0.1) is 11.3 Å². The number of rotatable bonds is 6. The average molecular weight is 313 g/mol. The van der Waals surface area contributed by atoms with Crippen molar-refractivity contribution in [3.05, 3.63) is 47.6 Å². The maximum Gasteiger partial charge on any atom is 0.106 e. The second kappa shape index (κ2) is 6.75. The van der Waals surface area contributed by atoms with Crippen LogP contribution in [0.25, 0.3) is 16.0 Å². The fourth-order valence-electron chi connectivity index (χ4n) is 2.42. The third kappa shape index (κ3) is 2.90. The van der Waals surface area contributed by atoms with E-state index in [0.29, 0.717) is 0 Å². The lowest BCUT2D eigenvalue weighted by Gasteiger charge is -2.02. The van der Waals surface area contributed by atoms with E-state index in [2.05, 4.69) is 39.8 Å². The Kier molecular flexibility index (Phi) is 4.53. The van der Waals surface area contributed by atoms with Crippen molar-refractivity contribution in [3.8, 4) is 5.00 Å². The molecule has 0 amide bonds. The fourth-order valence-corrected chi connectivity index (χ4v) is 3.41. The number of thiophene rings is 1. The zero-order valence-corrected chi connectivity index (χ0v) is 13.6. The van der Waals surface area contributed by atoms with E-state index in [9.17, 15) is 0 Å². The average Bonchev–Trinajstić information content (AvgIpc) is 3.17. The van der Waals surface area contributed by atoms with Crippen LogP contribution in [-0.4, -0.2) is 22.4 Å². The van der Waals surface area contributed by atoms with Crippen molar-refractivity contribution in [2.24, 2.45) is 5.16 Å². The van der Waals surface area contributed by atoms with Crippen molar-refractivity contribution in [3.63, 3.8) is 0 Å². The molecule has 1 aromatic carbocycles. The van der Waals surface area contributed by atoms with Crippen molar-refractivity contribution in [1.82, 2.24) is 9.55 Å². The van der Waals surface area contributed by atoms with Crippen molar-refractivity contribution in [1.29, 1.82) is 0 Å². The second-order valence-corrected chi connectivity index (χ2v) is 6.13. The molecule has 0 saturated heterocycles. The molecule has 5 heteroatoms. The molecule has 0 saturated carbocycles. The Hall–Kier alpha value is -2.14. The van der Waals surface area contributed by atoms with Gasteiger partial charge in [-0.1, -0.05) is 30.6 Å². The molecule has 0 N–H and O–H groups in total. The molecular formula is C17H19N3OS. The zero-order chi connectivity index (χ0) is 15.4. The van der Waals surface area contributed by atoms with Gasteiger partial charge in [0, 0.05) is 0 Å². The zero-order valence-electron chi connectivity index (χ0n) is 12.8. The van der Waals surface area contributed by atoms with Crippen LogP contribution in [0.2, 0.25) is 0 Å². The largest absolute Gasteiger partial charge is 0.399 e. The lowest BCUT2D eigenvalue weighted by atomic mass is 10.1. The van der Waals surface area contributed by atoms with Gasteiger partial charge in [0.1, 0.15) is 18.4 Å². The summed E-state index contributed by atoms with van der Waals surface area (Å²) < 4.78 is 2.12. The van der Waals surface area contributed by atoms with E-state index < -0.39 is 0 Å². The Bertz CT molecular complexity index is 788. The van der Waals surface area contributed by atoms with Crippen LogP contribution in [0.5, 0.6) is 0 Å². The van der Waals surface area contributed by atoms with Gasteiger partial charge in [0.25, 0.3) is 0 Å². The Labute approximate surface area is 134 Å². The summed E-state index contributed by atoms with van der Waals surface area (Å²) in [5, 5.41) is 5.33. The summed E-state index contributed by atoms with van der Waals surface area (Å²) in [5.41, 5.74) is 3.15. The number of para-hydroxylation sites is 2. The summed E-state index contributed by atoms with van der Waals surface area (Å²) in [6.45, 7) is 2.18. The maximum absolute atomic E-state index is 5.00. The van der Waals surface area contributed by atoms with E-state index in [-0.39, 0.29) is 0 Å². The van der Waals surface area contributed by atoms with Crippen LogP contribution < -0.4 is 0 Å². The van der Waals surface area contributed by atoms with E-state index in [1.807, 2.05) is 24.5 Å². The number of hydrogen-bond donors (Lipinski definition) is 0. The first-order chi connectivity index (χ1) is 10.8. The van der Waals surface area contributed by atoms with E-state index >= 15 is 0 Å². The number of fused-ring (bicyclic) bond motifs is 1. The van der Waals surface area contributed by atoms with Gasteiger partial charge in [0.15, 0.2) is 0 Å². The molecule has 2 aromatic heterocycles. The third-order valence-corrected chi connectivity index (χ3v) is 4.67. The van der Waals surface area contributed by atoms with Gasteiger partial charge in [-0.25, -0.2) is 4.98 Å². The lowest BCUT2D eigenvalue weighted by molar-refractivity contribution is 0.213. The molecular weight excluding hydrogens is 294 g/mol. The first-order valence-corrected chi connectivity index (χ1v) is 8.28.